The van der Waals surface area contributed by atoms with Crippen LogP contribution in [0.5, 0.6) is 0 Å². The van der Waals surface area contributed by atoms with Crippen LogP contribution in [0.4, 0.5) is 4.39 Å². The maximum atomic E-state index is 10.6. The van der Waals surface area contributed by atoms with Crippen LogP contribution in [0, 0.1) is 0 Å². The highest BCUT2D eigenvalue weighted by Crippen LogP contribution is 1.65. The van der Waals surface area contributed by atoms with Crippen LogP contribution in [-0.4, -0.2) is 6.80 Å². The molecule has 0 saturated heterocycles. The number of hydrogen-bond acceptors (Lipinski definition) is 1. The number of alkyl halides is 1. The van der Waals surface area contributed by atoms with Gasteiger partial charge in [-0.25, -0.2) is 4.39 Å². The van der Waals surface area contributed by atoms with Gasteiger partial charge in [0.2, 0.25) is 0 Å². The lowest BCUT2D eigenvalue weighted by molar-refractivity contribution is 0.509. The zero-order chi connectivity index (χ0) is 4.12. The molecule has 4 heteroatoms. The Hall–Kier alpha value is -0.760. The third-order valence-corrected chi connectivity index (χ3v) is 0.117. The van der Waals surface area contributed by atoms with E-state index in [2.05, 4.69) is 10.0 Å². The quantitative estimate of drug-likeness (QED) is 0.195. The minimum atomic E-state index is -0.948. The number of azide groups is 1. The maximum absolute atomic E-state index is 10.6. The lowest BCUT2D eigenvalue weighted by Crippen LogP contribution is -1.48. The molecule has 0 aliphatic carbocycles. The van der Waals surface area contributed by atoms with Gasteiger partial charge in [-0.05, 0) is 5.53 Å². The van der Waals surface area contributed by atoms with E-state index in [-0.39, 0.29) is 0 Å². The first-order valence-electron chi connectivity index (χ1n) is 0.983. The topological polar surface area (TPSA) is 48.8 Å². The van der Waals surface area contributed by atoms with Gasteiger partial charge in [0.05, 0.1) is 0 Å². The largest absolute Gasteiger partial charge is 0.245 e. The zero-order valence-corrected chi connectivity index (χ0v) is 2.43. The fraction of sp³-hybridized carbons (Fsp3) is 1.00. The Labute approximate surface area is 28.0 Å². The van der Waals surface area contributed by atoms with E-state index in [1.165, 1.54) is 0 Å². The second-order valence-electron chi connectivity index (χ2n) is 0.350. The average molecular weight is 75.0 g/mol. The van der Waals surface area contributed by atoms with Gasteiger partial charge in [-0.2, -0.15) is 0 Å². The van der Waals surface area contributed by atoms with E-state index in [1.54, 1.807) is 0 Å². The summed E-state index contributed by atoms with van der Waals surface area (Å²) >= 11 is 0. The molecule has 3 nitrogen and oxygen atoms in total. The number of hydrogen-bond donors (Lipinski definition) is 0. The zero-order valence-electron chi connectivity index (χ0n) is 2.43. The van der Waals surface area contributed by atoms with Crippen LogP contribution in [0.25, 0.3) is 10.4 Å². The Balaban J connectivity index is 2.93. The maximum Gasteiger partial charge on any atom is 0.168 e. The van der Waals surface area contributed by atoms with Gasteiger partial charge in [-0.3, -0.25) is 0 Å². The van der Waals surface area contributed by atoms with Gasteiger partial charge in [0.25, 0.3) is 0 Å². The van der Waals surface area contributed by atoms with Gasteiger partial charge in [0, 0.05) is 4.91 Å². The molecule has 5 heavy (non-hydrogen) atoms. The molecule has 0 spiro atoms. The molecule has 0 radical (unpaired) electrons. The highest BCUT2D eigenvalue weighted by Gasteiger charge is 1.55. The Kier molecular flexibility index (Phi) is 2.75. The van der Waals surface area contributed by atoms with Crippen LogP contribution in [-0.2, 0) is 0 Å². The van der Waals surface area contributed by atoms with Crippen molar-refractivity contribution in [3.05, 3.63) is 10.4 Å². The molecule has 0 aliphatic rings. The van der Waals surface area contributed by atoms with Gasteiger partial charge in [0.15, 0.2) is 6.80 Å². The molecular formula is CH2FN3. The Bertz CT molecular complexity index is 53.9. The first kappa shape index (κ1) is 4.24. The second-order valence-corrected chi connectivity index (χ2v) is 0.350. The monoisotopic (exact) mass is 75.0 g/mol. The summed E-state index contributed by atoms with van der Waals surface area (Å²) in [5.74, 6) is 0. The van der Waals surface area contributed by atoms with Crippen molar-refractivity contribution in [3.8, 4) is 0 Å². The molecule has 0 atom stereocenters. The molecule has 0 aromatic heterocycles. The first-order chi connectivity index (χ1) is 2.41. The predicted molar refractivity (Wildman–Crippen MR) is 15.1 cm³/mol. The minimum absolute atomic E-state index is 0.948. The summed E-state index contributed by atoms with van der Waals surface area (Å²) in [7, 11) is 0. The summed E-state index contributed by atoms with van der Waals surface area (Å²) in [4.78, 5) is 2.10. The smallest absolute Gasteiger partial charge is 0.168 e. The highest BCUT2D eigenvalue weighted by atomic mass is 19.1. The number of rotatable bonds is 1. The van der Waals surface area contributed by atoms with Crippen LogP contribution >= 0.6 is 0 Å². The fourth-order valence-corrected chi connectivity index (χ4v) is 0.0239. The van der Waals surface area contributed by atoms with E-state index < -0.39 is 6.80 Å². The van der Waals surface area contributed by atoms with Crippen molar-refractivity contribution >= 4 is 0 Å². The third kappa shape index (κ3) is 3.24. The van der Waals surface area contributed by atoms with Crippen molar-refractivity contribution in [2.75, 3.05) is 6.80 Å². The van der Waals surface area contributed by atoms with Crippen molar-refractivity contribution in [1.29, 1.82) is 0 Å². The van der Waals surface area contributed by atoms with Crippen LogP contribution < -0.4 is 0 Å². The third-order valence-electron chi connectivity index (χ3n) is 0.117. The summed E-state index contributed by atoms with van der Waals surface area (Å²) in [6, 6.07) is 0. The van der Waals surface area contributed by atoms with E-state index in [0.717, 1.165) is 0 Å². The van der Waals surface area contributed by atoms with E-state index in [1.807, 2.05) is 0 Å². The molecule has 0 aromatic carbocycles. The molecule has 28 valence electrons. The molecule has 0 aliphatic heterocycles. The van der Waals surface area contributed by atoms with Crippen LogP contribution in [0.2, 0.25) is 0 Å². The summed E-state index contributed by atoms with van der Waals surface area (Å²) in [6.45, 7) is -0.948. The van der Waals surface area contributed by atoms with Crippen LogP contribution in [0.15, 0.2) is 5.11 Å². The molecule has 0 bridgehead atoms. The molecule has 0 unspecified atom stereocenters. The Morgan fingerprint density at radius 3 is 2.60 bits per heavy atom. The van der Waals surface area contributed by atoms with Gasteiger partial charge in [-0.1, -0.05) is 5.11 Å². The molecule has 0 amide bonds. The Morgan fingerprint density at radius 2 is 2.60 bits per heavy atom. The van der Waals surface area contributed by atoms with Crippen molar-refractivity contribution in [3.63, 3.8) is 0 Å². The lowest BCUT2D eigenvalue weighted by Gasteiger charge is -1.54. The van der Waals surface area contributed by atoms with Crippen LogP contribution in [0.1, 0.15) is 0 Å². The van der Waals surface area contributed by atoms with Gasteiger partial charge in [-0.15, -0.1) is 0 Å². The number of halogens is 1. The second kappa shape index (κ2) is 3.24. The molecule has 0 aromatic rings. The Morgan fingerprint density at radius 1 is 2.00 bits per heavy atom. The van der Waals surface area contributed by atoms with E-state index in [0.29, 0.717) is 0 Å². The van der Waals surface area contributed by atoms with E-state index in [9.17, 15) is 4.39 Å². The van der Waals surface area contributed by atoms with Crippen molar-refractivity contribution in [1.82, 2.24) is 0 Å². The molecular weight excluding hydrogens is 73.0 g/mol. The summed E-state index contributed by atoms with van der Waals surface area (Å²) < 4.78 is 10.6. The minimum Gasteiger partial charge on any atom is -0.245 e. The standard InChI is InChI=1S/CH2FN3/c2-1-4-5-3/h1H2. The summed E-state index contributed by atoms with van der Waals surface area (Å²) in [5, 5.41) is 2.49. The fourth-order valence-electron chi connectivity index (χ4n) is 0.0239. The first-order valence-corrected chi connectivity index (χ1v) is 0.983. The van der Waals surface area contributed by atoms with Gasteiger partial charge < -0.3 is 0 Å². The predicted octanol–water partition coefficient (Wildman–Crippen LogP) is 1.22. The van der Waals surface area contributed by atoms with Gasteiger partial charge in [0.1, 0.15) is 0 Å². The molecule has 0 saturated carbocycles. The SMILES string of the molecule is [N-]=[N+]=NCF. The van der Waals surface area contributed by atoms with Crippen molar-refractivity contribution in [2.24, 2.45) is 5.11 Å². The van der Waals surface area contributed by atoms with Crippen molar-refractivity contribution in [2.45, 2.75) is 0 Å². The summed E-state index contributed by atoms with van der Waals surface area (Å²) in [5.41, 5.74) is 7.28. The van der Waals surface area contributed by atoms with Gasteiger partial charge >= 0.3 is 0 Å². The molecule has 0 heterocycles. The molecule has 0 fully saturated rings. The van der Waals surface area contributed by atoms with E-state index in [4.69, 9.17) is 5.53 Å². The average Bonchev–Trinajstić information content (AvgIpc) is 1.41. The van der Waals surface area contributed by atoms with E-state index >= 15 is 0 Å². The molecule has 0 rings (SSSR count). The normalized spacial score (nSPS) is 5.80. The highest BCUT2D eigenvalue weighted by molar-refractivity contribution is 4.33. The number of nitrogens with zero attached hydrogens (tertiary/aromatic N) is 3. The van der Waals surface area contributed by atoms with Crippen LogP contribution in [0.3, 0.4) is 0 Å². The molecule has 0 N–H and O–H groups in total. The summed E-state index contributed by atoms with van der Waals surface area (Å²) in [6.07, 6.45) is 0. The van der Waals surface area contributed by atoms with Crippen molar-refractivity contribution < 1.29 is 4.39 Å². The lowest BCUT2D eigenvalue weighted by atomic mass is 11.5.